The molecule has 4 aliphatic rings. The van der Waals surface area contributed by atoms with Gasteiger partial charge in [-0.25, -0.2) is 0 Å². The van der Waals surface area contributed by atoms with Crippen molar-refractivity contribution in [2.24, 2.45) is 16.7 Å². The minimum Gasteiger partial charge on any atom is -0.364 e. The molecule has 0 spiro atoms. The van der Waals surface area contributed by atoms with Gasteiger partial charge in [0.1, 0.15) is 0 Å². The van der Waals surface area contributed by atoms with Crippen LogP contribution in [0, 0.1) is 16.7 Å². The van der Waals surface area contributed by atoms with Crippen molar-refractivity contribution in [1.29, 1.82) is 0 Å². The molecule has 4 atom stereocenters. The molecule has 2 saturated heterocycles. The molecular weight excluding hydrogens is 250 g/mol. The van der Waals surface area contributed by atoms with Crippen LogP contribution in [0.5, 0.6) is 0 Å². The van der Waals surface area contributed by atoms with Gasteiger partial charge in [0.25, 0.3) is 5.91 Å². The van der Waals surface area contributed by atoms with E-state index in [9.17, 15) is 4.79 Å². The molecule has 4 bridgehead atoms. The number of hydrogen-bond acceptors (Lipinski definition) is 2. The van der Waals surface area contributed by atoms with Crippen molar-refractivity contribution in [1.82, 2.24) is 4.90 Å². The van der Waals surface area contributed by atoms with E-state index < -0.39 is 5.60 Å². The van der Waals surface area contributed by atoms with Gasteiger partial charge in [0.05, 0.1) is 6.61 Å². The van der Waals surface area contributed by atoms with Crippen LogP contribution in [-0.2, 0) is 9.53 Å². The molecule has 2 saturated carbocycles. The monoisotopic (exact) mass is 277 g/mol. The molecule has 0 unspecified atom stereocenters. The predicted octanol–water partition coefficient (Wildman–Crippen LogP) is 2.98. The topological polar surface area (TPSA) is 29.5 Å². The first-order chi connectivity index (χ1) is 9.54. The molecule has 20 heavy (non-hydrogen) atoms. The van der Waals surface area contributed by atoms with Crippen LogP contribution in [0.4, 0.5) is 0 Å². The fourth-order valence-corrected chi connectivity index (χ4v) is 5.76. The van der Waals surface area contributed by atoms with E-state index in [1.807, 2.05) is 0 Å². The lowest BCUT2D eigenvalue weighted by Gasteiger charge is -2.42. The van der Waals surface area contributed by atoms with E-state index >= 15 is 0 Å². The Morgan fingerprint density at radius 3 is 2.45 bits per heavy atom. The molecule has 4 fully saturated rings. The summed E-state index contributed by atoms with van der Waals surface area (Å²) in [6, 6.07) is 0. The summed E-state index contributed by atoms with van der Waals surface area (Å²) in [6.07, 6.45) is 8.33. The zero-order valence-corrected chi connectivity index (χ0v) is 12.9. The number of carbonyl (C=O) groups is 1. The number of carbonyl (C=O) groups excluding carboxylic acids is 1. The van der Waals surface area contributed by atoms with Crippen LogP contribution in [0.25, 0.3) is 0 Å². The minimum atomic E-state index is -0.477. The highest BCUT2D eigenvalue weighted by atomic mass is 16.5. The van der Waals surface area contributed by atoms with Crippen LogP contribution >= 0.6 is 0 Å². The maximum atomic E-state index is 13.3. The fraction of sp³-hybridized carbons (Fsp3) is 0.941. The second-order valence-corrected chi connectivity index (χ2v) is 8.01. The van der Waals surface area contributed by atoms with Crippen LogP contribution < -0.4 is 0 Å². The maximum Gasteiger partial charge on any atom is 0.255 e. The van der Waals surface area contributed by atoms with Crippen LogP contribution in [0.1, 0.15) is 58.8 Å². The molecule has 3 nitrogen and oxygen atoms in total. The first-order valence-corrected chi connectivity index (χ1v) is 8.47. The molecule has 4 rings (SSSR count). The Kier molecular flexibility index (Phi) is 2.62. The number of rotatable bonds is 1. The molecule has 0 aromatic rings. The van der Waals surface area contributed by atoms with Gasteiger partial charge in [0, 0.05) is 23.9 Å². The number of nitrogens with zero attached hydrogens (tertiary/aromatic N) is 1. The molecule has 0 radical (unpaired) electrons. The van der Waals surface area contributed by atoms with Gasteiger partial charge in [-0.2, -0.15) is 0 Å². The molecule has 0 aromatic heterocycles. The summed E-state index contributed by atoms with van der Waals surface area (Å²) in [4.78, 5) is 15.4. The van der Waals surface area contributed by atoms with Crippen molar-refractivity contribution < 1.29 is 9.53 Å². The average molecular weight is 277 g/mol. The molecule has 1 amide bonds. The number of ether oxygens (including phenoxy) is 1. The first kappa shape index (κ1) is 13.1. The fourth-order valence-electron chi connectivity index (χ4n) is 5.76. The Morgan fingerprint density at radius 1 is 1.15 bits per heavy atom. The van der Waals surface area contributed by atoms with Crippen molar-refractivity contribution in [3.63, 3.8) is 0 Å². The van der Waals surface area contributed by atoms with Gasteiger partial charge in [-0.05, 0) is 38.0 Å². The summed E-state index contributed by atoms with van der Waals surface area (Å²) in [6.45, 7) is 7.40. The normalized spacial score (nSPS) is 50.5. The lowest BCUT2D eigenvalue weighted by Crippen LogP contribution is -2.56. The van der Waals surface area contributed by atoms with Gasteiger partial charge in [-0.15, -0.1) is 0 Å². The van der Waals surface area contributed by atoms with E-state index in [2.05, 4.69) is 18.7 Å². The van der Waals surface area contributed by atoms with Gasteiger partial charge in [-0.3, -0.25) is 4.79 Å². The number of amides is 1. The minimum absolute atomic E-state index is 0.0774. The Morgan fingerprint density at radius 2 is 1.85 bits per heavy atom. The van der Waals surface area contributed by atoms with Crippen LogP contribution in [-0.4, -0.2) is 36.1 Å². The summed E-state index contributed by atoms with van der Waals surface area (Å²) >= 11 is 0. The molecular formula is C17H27NO2. The second-order valence-electron chi connectivity index (χ2n) is 8.01. The highest BCUT2D eigenvalue weighted by molar-refractivity contribution is 5.88. The second kappa shape index (κ2) is 4.00. The summed E-state index contributed by atoms with van der Waals surface area (Å²) in [7, 11) is 0. The quantitative estimate of drug-likeness (QED) is 0.737. The zero-order chi connectivity index (χ0) is 14.0. The maximum absolute atomic E-state index is 13.3. The van der Waals surface area contributed by atoms with Crippen molar-refractivity contribution in [3.8, 4) is 0 Å². The summed E-state index contributed by atoms with van der Waals surface area (Å²) < 4.78 is 6.24. The van der Waals surface area contributed by atoms with E-state index in [0.29, 0.717) is 11.8 Å². The van der Waals surface area contributed by atoms with Crippen LogP contribution in [0.15, 0.2) is 0 Å². The highest BCUT2D eigenvalue weighted by Crippen LogP contribution is 2.75. The molecule has 3 heteroatoms. The van der Waals surface area contributed by atoms with Crippen molar-refractivity contribution >= 4 is 5.91 Å². The summed E-state index contributed by atoms with van der Waals surface area (Å²) in [5.74, 6) is 1.03. The van der Waals surface area contributed by atoms with E-state index in [4.69, 9.17) is 4.74 Å². The zero-order valence-electron chi connectivity index (χ0n) is 12.9. The molecule has 2 heterocycles. The largest absolute Gasteiger partial charge is 0.364 e. The molecule has 0 N–H and O–H groups in total. The SMILES string of the molecule is C[C@@]12CC[C@H]3C[C@@]1(C(=O)N1CCCCCC1)OC[C@@]32C. The summed E-state index contributed by atoms with van der Waals surface area (Å²) in [5.41, 5.74) is -0.155. The van der Waals surface area contributed by atoms with E-state index in [1.54, 1.807) is 0 Å². The molecule has 0 aromatic carbocycles. The van der Waals surface area contributed by atoms with Crippen molar-refractivity contribution in [2.45, 2.75) is 64.4 Å². The molecule has 112 valence electrons. The van der Waals surface area contributed by atoms with Crippen LogP contribution in [0.3, 0.4) is 0 Å². The van der Waals surface area contributed by atoms with E-state index in [1.165, 1.54) is 38.5 Å². The van der Waals surface area contributed by atoms with E-state index in [0.717, 1.165) is 26.1 Å². The Labute approximate surface area is 122 Å². The molecule has 2 aliphatic carbocycles. The highest BCUT2D eigenvalue weighted by Gasteiger charge is 2.78. The number of hydrogen-bond donors (Lipinski definition) is 0. The van der Waals surface area contributed by atoms with Crippen molar-refractivity contribution in [3.05, 3.63) is 0 Å². The Balaban J connectivity index is 1.66. The summed E-state index contributed by atoms with van der Waals surface area (Å²) in [5, 5.41) is 0. The number of likely N-dealkylation sites (tertiary alicyclic amines) is 1. The van der Waals surface area contributed by atoms with Gasteiger partial charge < -0.3 is 9.64 Å². The molecule has 2 aliphatic heterocycles. The Bertz CT molecular complexity index is 442. The lowest BCUT2D eigenvalue weighted by atomic mass is 9.66. The standard InChI is InChI=1S/C17H27NO2/c1-15-12-20-17(11-13(15)7-8-16(15,17)2)14(19)18-9-5-3-4-6-10-18/h13H,3-12H2,1-2H3/t13-,15-,16-,17-/m0/s1. The van der Waals surface area contributed by atoms with Crippen molar-refractivity contribution in [2.75, 3.05) is 19.7 Å². The lowest BCUT2D eigenvalue weighted by molar-refractivity contribution is -0.167. The smallest absolute Gasteiger partial charge is 0.255 e. The van der Waals surface area contributed by atoms with Gasteiger partial charge in [0.2, 0.25) is 0 Å². The van der Waals surface area contributed by atoms with Gasteiger partial charge in [-0.1, -0.05) is 26.7 Å². The van der Waals surface area contributed by atoms with Crippen LogP contribution in [0.2, 0.25) is 0 Å². The average Bonchev–Trinajstić information content (AvgIpc) is 2.79. The first-order valence-electron chi connectivity index (χ1n) is 8.47. The van der Waals surface area contributed by atoms with Gasteiger partial charge >= 0.3 is 0 Å². The Hall–Kier alpha value is -0.570. The third-order valence-corrected chi connectivity index (χ3v) is 7.44. The third-order valence-electron chi connectivity index (χ3n) is 7.44. The predicted molar refractivity (Wildman–Crippen MR) is 77.3 cm³/mol. The third kappa shape index (κ3) is 1.29. The van der Waals surface area contributed by atoms with Gasteiger partial charge in [0.15, 0.2) is 5.60 Å². The van der Waals surface area contributed by atoms with E-state index in [-0.39, 0.29) is 10.8 Å².